The molecule has 28 heavy (non-hydrogen) atoms. The Kier molecular flexibility index (Phi) is 5.75. The van der Waals surface area contributed by atoms with Crippen molar-refractivity contribution in [1.82, 2.24) is 10.2 Å². The van der Waals surface area contributed by atoms with Gasteiger partial charge in [-0.05, 0) is 41.3 Å². The topological polar surface area (TPSA) is 68.6 Å². The largest absolute Gasteiger partial charge is 0.497 e. The second-order valence-corrected chi connectivity index (χ2v) is 6.46. The highest BCUT2D eigenvalue weighted by Crippen LogP contribution is 2.33. The van der Waals surface area contributed by atoms with Gasteiger partial charge in [-0.2, -0.15) is 0 Å². The van der Waals surface area contributed by atoms with E-state index < -0.39 is 0 Å². The van der Waals surface area contributed by atoms with Gasteiger partial charge in [-0.1, -0.05) is 31.7 Å². The number of nitrogens with one attached hydrogen (secondary N) is 1. The minimum atomic E-state index is -0.00341. The first-order valence-electron chi connectivity index (χ1n) is 8.83. The fourth-order valence-electron chi connectivity index (χ4n) is 3.12. The molecule has 0 unspecified atom stereocenters. The molecule has 0 radical (unpaired) electrons. The highest BCUT2D eigenvalue weighted by Gasteiger charge is 2.18. The minimum absolute atomic E-state index is 0.00341. The first kappa shape index (κ1) is 19.2. The number of methoxy groups -OCH3 is 2. The molecule has 1 atom stereocenters. The van der Waals surface area contributed by atoms with E-state index >= 15 is 0 Å². The predicted octanol–water partition coefficient (Wildman–Crippen LogP) is 5.02. The molecular formula is C22H21N3O3. The number of hydrogen-bond donors (Lipinski definition) is 1. The van der Waals surface area contributed by atoms with Crippen LogP contribution in [-0.4, -0.2) is 30.2 Å². The number of rotatable bonds is 7. The standard InChI is InChI=1S/C22H21N3O3/c1-14(15-6-5-7-17(11-15)27-3)10-20(26)18-9-8-16(12-21(18)28-4)19-13-24-25-22(19)23-2/h5-9,11-14H,10H2,1,3-4H3,(H,24,25)/t14-/m0/s1. The Balaban J connectivity index is 1.84. The highest BCUT2D eigenvalue weighted by atomic mass is 16.5. The van der Waals surface area contributed by atoms with Gasteiger partial charge in [0.05, 0.1) is 26.0 Å². The molecule has 0 saturated carbocycles. The Morgan fingerprint density at radius 3 is 2.75 bits per heavy atom. The number of aromatic nitrogens is 2. The molecule has 0 fully saturated rings. The molecule has 0 aliphatic carbocycles. The van der Waals surface area contributed by atoms with Gasteiger partial charge >= 0.3 is 0 Å². The summed E-state index contributed by atoms with van der Waals surface area (Å²) in [5.74, 6) is 1.64. The molecule has 1 N–H and O–H groups in total. The van der Waals surface area contributed by atoms with Crippen LogP contribution in [0.4, 0.5) is 5.82 Å². The lowest BCUT2D eigenvalue weighted by Crippen LogP contribution is -2.07. The number of benzene rings is 2. The van der Waals surface area contributed by atoms with Gasteiger partial charge in [0.25, 0.3) is 5.82 Å². The fourth-order valence-corrected chi connectivity index (χ4v) is 3.12. The first-order chi connectivity index (χ1) is 13.6. The van der Waals surface area contributed by atoms with Crippen LogP contribution in [0, 0.1) is 6.57 Å². The number of carbonyl (C=O) groups excluding carboxylic acids is 1. The summed E-state index contributed by atoms with van der Waals surface area (Å²) in [6.07, 6.45) is 1.94. The van der Waals surface area contributed by atoms with Crippen LogP contribution in [0.15, 0.2) is 48.7 Å². The third-order valence-corrected chi connectivity index (χ3v) is 4.70. The van der Waals surface area contributed by atoms with Gasteiger partial charge in [0.15, 0.2) is 5.78 Å². The quantitative estimate of drug-likeness (QED) is 0.465. The second kappa shape index (κ2) is 8.40. The number of hydrogen-bond acceptors (Lipinski definition) is 4. The summed E-state index contributed by atoms with van der Waals surface area (Å²) in [6.45, 7) is 9.22. The van der Waals surface area contributed by atoms with Crippen molar-refractivity contribution in [2.24, 2.45) is 0 Å². The zero-order valence-electron chi connectivity index (χ0n) is 16.0. The maximum Gasteiger partial charge on any atom is 0.257 e. The highest BCUT2D eigenvalue weighted by molar-refractivity contribution is 6.00. The number of H-pyrrole nitrogens is 1. The van der Waals surface area contributed by atoms with Crippen LogP contribution in [-0.2, 0) is 0 Å². The van der Waals surface area contributed by atoms with Crippen molar-refractivity contribution in [2.45, 2.75) is 19.3 Å². The molecule has 3 aromatic rings. The number of ether oxygens (including phenoxy) is 2. The molecule has 6 nitrogen and oxygen atoms in total. The molecule has 2 aromatic carbocycles. The first-order valence-corrected chi connectivity index (χ1v) is 8.83. The molecule has 1 aromatic heterocycles. The molecule has 0 spiro atoms. The third kappa shape index (κ3) is 3.89. The van der Waals surface area contributed by atoms with Crippen molar-refractivity contribution in [3.05, 3.63) is 71.2 Å². The van der Waals surface area contributed by atoms with E-state index in [4.69, 9.17) is 16.0 Å². The third-order valence-electron chi connectivity index (χ3n) is 4.70. The van der Waals surface area contributed by atoms with Crippen LogP contribution in [0.5, 0.6) is 11.5 Å². The summed E-state index contributed by atoms with van der Waals surface area (Å²) >= 11 is 0. The predicted molar refractivity (Wildman–Crippen MR) is 107 cm³/mol. The van der Waals surface area contributed by atoms with E-state index in [9.17, 15) is 4.79 Å². The van der Waals surface area contributed by atoms with Gasteiger partial charge in [-0.15, -0.1) is 5.10 Å². The van der Waals surface area contributed by atoms with Gasteiger partial charge in [0.1, 0.15) is 11.5 Å². The number of Topliss-reactive ketones (excluding diaryl/α,β-unsaturated/α-hetero) is 1. The van der Waals surface area contributed by atoms with E-state index in [1.807, 2.05) is 37.3 Å². The zero-order valence-corrected chi connectivity index (χ0v) is 16.0. The van der Waals surface area contributed by atoms with E-state index in [-0.39, 0.29) is 11.7 Å². The van der Waals surface area contributed by atoms with Crippen LogP contribution >= 0.6 is 0 Å². The lowest BCUT2D eigenvalue weighted by Gasteiger charge is -2.14. The van der Waals surface area contributed by atoms with E-state index in [0.717, 1.165) is 16.9 Å². The maximum atomic E-state index is 12.9. The molecular weight excluding hydrogens is 354 g/mol. The molecule has 1 heterocycles. The van der Waals surface area contributed by atoms with Crippen LogP contribution < -0.4 is 9.47 Å². The molecule has 6 heteroatoms. The van der Waals surface area contributed by atoms with Gasteiger partial charge in [0, 0.05) is 12.0 Å². The van der Waals surface area contributed by atoms with E-state index in [0.29, 0.717) is 29.1 Å². The van der Waals surface area contributed by atoms with Crippen LogP contribution in [0.2, 0.25) is 0 Å². The molecule has 3 rings (SSSR count). The number of nitrogens with zero attached hydrogens (tertiary/aromatic N) is 2. The maximum absolute atomic E-state index is 12.9. The SMILES string of the molecule is [C-]#[N+]c1[nH]ncc1-c1ccc(C(=O)C[C@H](C)c2cccc(OC)c2)c(OC)c1. The van der Waals surface area contributed by atoms with Crippen LogP contribution in [0.1, 0.15) is 35.2 Å². The van der Waals surface area contributed by atoms with Crippen molar-refractivity contribution in [3.63, 3.8) is 0 Å². The molecule has 0 bridgehead atoms. The Morgan fingerprint density at radius 2 is 2.04 bits per heavy atom. The normalized spacial score (nSPS) is 11.5. The van der Waals surface area contributed by atoms with Crippen molar-refractivity contribution in [2.75, 3.05) is 14.2 Å². The van der Waals surface area contributed by atoms with Crippen molar-refractivity contribution < 1.29 is 14.3 Å². The van der Waals surface area contributed by atoms with E-state index in [1.54, 1.807) is 25.4 Å². The molecule has 0 saturated heterocycles. The Bertz CT molecular complexity index is 1030. The number of carbonyl (C=O) groups is 1. The average molecular weight is 375 g/mol. The van der Waals surface area contributed by atoms with Crippen molar-refractivity contribution >= 4 is 11.6 Å². The monoisotopic (exact) mass is 375 g/mol. The fraction of sp³-hybridized carbons (Fsp3) is 0.227. The summed E-state index contributed by atoms with van der Waals surface area (Å²) in [6, 6.07) is 13.1. The molecule has 0 aliphatic rings. The molecule has 0 amide bonds. The van der Waals surface area contributed by atoms with Gasteiger partial charge in [0.2, 0.25) is 0 Å². The zero-order chi connectivity index (χ0) is 20.1. The summed E-state index contributed by atoms with van der Waals surface area (Å²) in [4.78, 5) is 16.3. The Morgan fingerprint density at radius 1 is 1.21 bits per heavy atom. The van der Waals surface area contributed by atoms with Gasteiger partial charge in [-0.25, -0.2) is 5.10 Å². The van der Waals surface area contributed by atoms with E-state index in [1.165, 1.54) is 7.11 Å². The number of aromatic amines is 1. The van der Waals surface area contributed by atoms with Crippen molar-refractivity contribution in [3.8, 4) is 22.6 Å². The van der Waals surface area contributed by atoms with Crippen LogP contribution in [0.3, 0.4) is 0 Å². The number of ketones is 1. The second-order valence-electron chi connectivity index (χ2n) is 6.46. The average Bonchev–Trinajstić information content (AvgIpc) is 3.22. The molecule has 0 aliphatic heterocycles. The summed E-state index contributed by atoms with van der Waals surface area (Å²) in [7, 11) is 3.16. The molecule has 142 valence electrons. The van der Waals surface area contributed by atoms with Crippen LogP contribution in [0.25, 0.3) is 16.0 Å². The Hall–Kier alpha value is -3.59. The lowest BCUT2D eigenvalue weighted by molar-refractivity contribution is 0.0972. The van der Waals surface area contributed by atoms with E-state index in [2.05, 4.69) is 15.0 Å². The van der Waals surface area contributed by atoms with Gasteiger partial charge in [-0.3, -0.25) is 4.79 Å². The van der Waals surface area contributed by atoms with Gasteiger partial charge < -0.3 is 14.3 Å². The Labute approximate surface area is 163 Å². The summed E-state index contributed by atoms with van der Waals surface area (Å²) < 4.78 is 10.7. The summed E-state index contributed by atoms with van der Waals surface area (Å²) in [5.41, 5.74) is 3.02. The smallest absolute Gasteiger partial charge is 0.257 e. The summed E-state index contributed by atoms with van der Waals surface area (Å²) in [5, 5.41) is 6.57. The minimum Gasteiger partial charge on any atom is -0.497 e. The lowest BCUT2D eigenvalue weighted by atomic mass is 9.92. The van der Waals surface area contributed by atoms with Crippen molar-refractivity contribution in [1.29, 1.82) is 0 Å².